The van der Waals surface area contributed by atoms with Gasteiger partial charge in [0.1, 0.15) is 0 Å². The lowest BCUT2D eigenvalue weighted by Gasteiger charge is -2.35. The number of aromatic nitrogens is 2. The minimum absolute atomic E-state index is 0.209. The third kappa shape index (κ3) is 3.04. The summed E-state index contributed by atoms with van der Waals surface area (Å²) in [6, 6.07) is 0. The summed E-state index contributed by atoms with van der Waals surface area (Å²) in [6.45, 7) is 3.94. The molecule has 4 heteroatoms. The van der Waals surface area contributed by atoms with Crippen molar-refractivity contribution in [2.45, 2.75) is 51.4 Å². The second-order valence-electron chi connectivity index (χ2n) is 6.27. The number of allylic oxidation sites excluding steroid dienone is 2. The molecule has 0 spiro atoms. The normalized spacial score (nSPS) is 26.0. The van der Waals surface area contributed by atoms with Crippen LogP contribution in [-0.2, 0) is 11.2 Å². The van der Waals surface area contributed by atoms with Crippen LogP contribution < -0.4 is 0 Å². The van der Waals surface area contributed by atoms with Crippen LogP contribution in [-0.4, -0.2) is 34.1 Å². The van der Waals surface area contributed by atoms with Crippen LogP contribution in [0, 0.1) is 5.92 Å². The average Bonchev–Trinajstić information content (AvgIpc) is 3.04. The van der Waals surface area contributed by atoms with Gasteiger partial charge in [-0.1, -0.05) is 19.1 Å². The van der Waals surface area contributed by atoms with Crippen molar-refractivity contribution in [3.05, 3.63) is 29.6 Å². The minimum Gasteiger partial charge on any atom is -0.342 e. The van der Waals surface area contributed by atoms with Crippen molar-refractivity contribution in [3.8, 4) is 0 Å². The largest absolute Gasteiger partial charge is 0.342 e. The lowest BCUT2D eigenvalue weighted by atomic mass is 9.89. The van der Waals surface area contributed by atoms with Crippen LogP contribution in [0.25, 0.3) is 0 Å². The van der Waals surface area contributed by atoms with E-state index in [0.29, 0.717) is 11.8 Å². The summed E-state index contributed by atoms with van der Waals surface area (Å²) < 4.78 is 0. The van der Waals surface area contributed by atoms with Crippen molar-refractivity contribution in [1.29, 1.82) is 0 Å². The molecule has 2 unspecified atom stereocenters. The van der Waals surface area contributed by atoms with Crippen LogP contribution in [0.5, 0.6) is 0 Å². The summed E-state index contributed by atoms with van der Waals surface area (Å²) in [6.07, 6.45) is 12.5. The molecule has 1 fully saturated rings. The van der Waals surface area contributed by atoms with Gasteiger partial charge in [0.05, 0.1) is 6.20 Å². The molecule has 2 aliphatic rings. The number of amides is 1. The molecule has 0 aromatic carbocycles. The topological polar surface area (TPSA) is 49.0 Å². The van der Waals surface area contributed by atoms with E-state index in [2.05, 4.69) is 34.2 Å². The summed E-state index contributed by atoms with van der Waals surface area (Å²) in [7, 11) is 0. The number of rotatable bonds is 3. The third-order valence-corrected chi connectivity index (χ3v) is 4.89. The van der Waals surface area contributed by atoms with Crippen LogP contribution in [0.2, 0.25) is 0 Å². The predicted octanol–water partition coefficient (Wildman–Crippen LogP) is 3.03. The molecule has 114 valence electrons. The molecule has 1 amide bonds. The van der Waals surface area contributed by atoms with E-state index in [1.54, 1.807) is 0 Å². The third-order valence-electron chi connectivity index (χ3n) is 4.89. The van der Waals surface area contributed by atoms with Gasteiger partial charge in [-0.3, -0.25) is 9.89 Å². The van der Waals surface area contributed by atoms with E-state index in [9.17, 15) is 4.79 Å². The number of aromatic amines is 1. The Labute approximate surface area is 126 Å². The van der Waals surface area contributed by atoms with Gasteiger partial charge in [-0.25, -0.2) is 0 Å². The predicted molar refractivity (Wildman–Crippen MR) is 83.0 cm³/mol. The molecule has 2 heterocycles. The van der Waals surface area contributed by atoms with Gasteiger partial charge in [0, 0.05) is 30.6 Å². The van der Waals surface area contributed by atoms with Gasteiger partial charge in [0.15, 0.2) is 0 Å². The van der Waals surface area contributed by atoms with E-state index in [1.807, 2.05) is 6.20 Å². The second kappa shape index (κ2) is 6.46. The summed E-state index contributed by atoms with van der Waals surface area (Å²) >= 11 is 0. The first kappa shape index (κ1) is 14.4. The molecule has 1 aliphatic carbocycles. The smallest absolute Gasteiger partial charge is 0.226 e. The van der Waals surface area contributed by atoms with Crippen molar-refractivity contribution in [3.63, 3.8) is 0 Å². The minimum atomic E-state index is 0.209. The number of nitrogens with one attached hydrogen (secondary N) is 1. The molecule has 1 aromatic rings. The molecule has 0 radical (unpaired) electrons. The fourth-order valence-corrected chi connectivity index (χ4v) is 3.65. The van der Waals surface area contributed by atoms with Gasteiger partial charge in [-0.2, -0.15) is 5.10 Å². The van der Waals surface area contributed by atoms with E-state index in [1.165, 1.54) is 11.3 Å². The number of hydrogen-bond donors (Lipinski definition) is 1. The number of hydrogen-bond acceptors (Lipinski definition) is 2. The zero-order chi connectivity index (χ0) is 14.7. The maximum absolute atomic E-state index is 12.7. The highest BCUT2D eigenvalue weighted by Gasteiger charge is 2.30. The average molecular weight is 287 g/mol. The number of H-pyrrole nitrogens is 1. The van der Waals surface area contributed by atoms with Gasteiger partial charge in [0.2, 0.25) is 5.91 Å². The highest BCUT2D eigenvalue weighted by Crippen LogP contribution is 2.30. The molecule has 4 nitrogen and oxygen atoms in total. The Morgan fingerprint density at radius 1 is 1.43 bits per heavy atom. The fourth-order valence-electron chi connectivity index (χ4n) is 3.65. The zero-order valence-corrected chi connectivity index (χ0v) is 12.8. The Morgan fingerprint density at radius 2 is 2.33 bits per heavy atom. The van der Waals surface area contributed by atoms with Crippen molar-refractivity contribution < 1.29 is 4.79 Å². The number of piperidine rings is 1. The van der Waals surface area contributed by atoms with Crippen LogP contribution in [0.4, 0.5) is 0 Å². The van der Waals surface area contributed by atoms with E-state index in [0.717, 1.165) is 51.6 Å². The maximum Gasteiger partial charge on any atom is 0.226 e. The summed E-state index contributed by atoms with van der Waals surface area (Å²) in [5.41, 5.74) is 2.55. The summed E-state index contributed by atoms with van der Waals surface area (Å²) in [4.78, 5) is 14.8. The Bertz CT molecular complexity index is 520. The first-order valence-corrected chi connectivity index (χ1v) is 8.25. The first-order chi connectivity index (χ1) is 10.3. The molecule has 21 heavy (non-hydrogen) atoms. The van der Waals surface area contributed by atoms with Gasteiger partial charge in [-0.05, 0) is 44.1 Å². The molecular weight excluding hydrogens is 262 g/mol. The molecule has 2 atom stereocenters. The zero-order valence-electron chi connectivity index (χ0n) is 12.8. The Kier molecular flexibility index (Phi) is 4.42. The molecule has 0 saturated carbocycles. The molecule has 1 aliphatic heterocycles. The standard InChI is InChI=1S/C17H25N3O/c1-2-13-11-18-19-16(13)15-9-6-10-20(12-15)17(21)14-7-4-3-5-8-14/h3-4,11,14-15H,2,5-10,12H2,1H3,(H,18,19). The molecule has 1 aromatic heterocycles. The SMILES string of the molecule is CCc1cn[nH]c1C1CCCN(C(=O)C2CC=CCC2)C1. The quantitative estimate of drug-likeness (QED) is 0.869. The van der Waals surface area contributed by atoms with Gasteiger partial charge < -0.3 is 4.90 Å². The molecule has 0 bridgehead atoms. The molecule has 1 N–H and O–H groups in total. The van der Waals surface area contributed by atoms with Gasteiger partial charge in [0.25, 0.3) is 0 Å². The number of aryl methyl sites for hydroxylation is 1. The van der Waals surface area contributed by atoms with Crippen molar-refractivity contribution >= 4 is 5.91 Å². The highest BCUT2D eigenvalue weighted by atomic mass is 16.2. The van der Waals surface area contributed by atoms with Gasteiger partial charge >= 0.3 is 0 Å². The van der Waals surface area contributed by atoms with Crippen molar-refractivity contribution in [1.82, 2.24) is 15.1 Å². The monoisotopic (exact) mass is 287 g/mol. The van der Waals surface area contributed by atoms with Gasteiger partial charge in [-0.15, -0.1) is 0 Å². The Hall–Kier alpha value is -1.58. The maximum atomic E-state index is 12.7. The lowest BCUT2D eigenvalue weighted by Crippen LogP contribution is -2.42. The molecular formula is C17H25N3O. The van der Waals surface area contributed by atoms with E-state index >= 15 is 0 Å². The summed E-state index contributed by atoms with van der Waals surface area (Å²) in [5, 5.41) is 7.36. The van der Waals surface area contributed by atoms with Crippen LogP contribution in [0.15, 0.2) is 18.3 Å². The molecule has 3 rings (SSSR count). The Balaban J connectivity index is 1.68. The van der Waals surface area contributed by atoms with E-state index < -0.39 is 0 Å². The number of carbonyl (C=O) groups is 1. The van der Waals surface area contributed by atoms with Crippen LogP contribution in [0.3, 0.4) is 0 Å². The fraction of sp³-hybridized carbons (Fsp3) is 0.647. The van der Waals surface area contributed by atoms with Crippen LogP contribution in [0.1, 0.15) is 56.2 Å². The number of likely N-dealkylation sites (tertiary alicyclic amines) is 1. The number of nitrogens with zero attached hydrogens (tertiary/aromatic N) is 2. The number of carbonyl (C=O) groups excluding carboxylic acids is 1. The van der Waals surface area contributed by atoms with E-state index in [-0.39, 0.29) is 5.92 Å². The van der Waals surface area contributed by atoms with Crippen LogP contribution >= 0.6 is 0 Å². The van der Waals surface area contributed by atoms with E-state index in [4.69, 9.17) is 0 Å². The highest BCUT2D eigenvalue weighted by molar-refractivity contribution is 5.79. The lowest BCUT2D eigenvalue weighted by molar-refractivity contribution is -0.137. The molecule has 1 saturated heterocycles. The Morgan fingerprint density at radius 3 is 3.10 bits per heavy atom. The summed E-state index contributed by atoms with van der Waals surface area (Å²) in [5.74, 6) is 1.00. The first-order valence-electron chi connectivity index (χ1n) is 8.25. The second-order valence-corrected chi connectivity index (χ2v) is 6.27. The van der Waals surface area contributed by atoms with Crippen molar-refractivity contribution in [2.75, 3.05) is 13.1 Å². The van der Waals surface area contributed by atoms with Crippen molar-refractivity contribution in [2.24, 2.45) is 5.92 Å².